The molecule has 1 aromatic carbocycles. The van der Waals surface area contributed by atoms with Gasteiger partial charge in [-0.1, -0.05) is 33.2 Å². The average Bonchev–Trinajstić information content (AvgIpc) is 2.31. The van der Waals surface area contributed by atoms with E-state index < -0.39 is 19.6 Å². The molecule has 5 heteroatoms. The Morgan fingerprint density at radius 2 is 1.55 bits per heavy atom. The summed E-state index contributed by atoms with van der Waals surface area (Å²) in [5, 5.41) is 0.932. The number of benzene rings is 1. The standard InChI is InChI=1S/C15H26O3SSi/c1-7-12-10(5)13(8-2)14(19(16,17)18)15(11(12)6)20-9(3)4/h9H,7-8,20H2,1-6H3,(H,16,17,18). The first-order chi connectivity index (χ1) is 9.15. The van der Waals surface area contributed by atoms with E-state index in [0.29, 0.717) is 12.0 Å². The van der Waals surface area contributed by atoms with Gasteiger partial charge in [-0.05, 0) is 54.1 Å². The highest BCUT2D eigenvalue weighted by molar-refractivity contribution is 7.86. The maximum atomic E-state index is 11.9. The van der Waals surface area contributed by atoms with Crippen molar-refractivity contribution in [2.45, 2.75) is 64.8 Å². The SMILES string of the molecule is CCc1c(C)c(CC)c(S(=O)(=O)O)c([SiH2]C(C)C)c1C. The van der Waals surface area contributed by atoms with Crippen molar-refractivity contribution in [1.82, 2.24) is 0 Å². The summed E-state index contributed by atoms with van der Waals surface area (Å²) >= 11 is 0. The van der Waals surface area contributed by atoms with Crippen LogP contribution in [0.1, 0.15) is 49.9 Å². The fourth-order valence-electron chi connectivity index (χ4n) is 3.09. The van der Waals surface area contributed by atoms with Crippen molar-refractivity contribution in [3.8, 4) is 0 Å². The van der Waals surface area contributed by atoms with Gasteiger partial charge in [0.25, 0.3) is 10.1 Å². The first-order valence-electron chi connectivity index (χ1n) is 7.26. The maximum Gasteiger partial charge on any atom is 0.294 e. The van der Waals surface area contributed by atoms with Crippen LogP contribution in [0, 0.1) is 13.8 Å². The summed E-state index contributed by atoms with van der Waals surface area (Å²) in [5.41, 5.74) is 4.64. The van der Waals surface area contributed by atoms with Crippen LogP contribution in [0.15, 0.2) is 4.90 Å². The Balaban J connectivity index is 3.86. The minimum absolute atomic E-state index is 0.215. The zero-order chi connectivity index (χ0) is 15.7. The van der Waals surface area contributed by atoms with Crippen molar-refractivity contribution in [1.29, 1.82) is 0 Å². The minimum atomic E-state index is -4.16. The monoisotopic (exact) mass is 314 g/mol. The van der Waals surface area contributed by atoms with Crippen molar-refractivity contribution in [2.75, 3.05) is 0 Å². The molecule has 0 fully saturated rings. The molecule has 0 unspecified atom stereocenters. The highest BCUT2D eigenvalue weighted by Gasteiger charge is 2.25. The van der Waals surface area contributed by atoms with E-state index in [1.807, 2.05) is 20.8 Å². The molecule has 20 heavy (non-hydrogen) atoms. The smallest absolute Gasteiger partial charge is 0.282 e. The second-order valence-corrected chi connectivity index (χ2v) is 9.90. The van der Waals surface area contributed by atoms with Crippen molar-refractivity contribution in [2.24, 2.45) is 0 Å². The fraction of sp³-hybridized carbons (Fsp3) is 0.600. The van der Waals surface area contributed by atoms with Gasteiger partial charge in [0.2, 0.25) is 0 Å². The lowest BCUT2D eigenvalue weighted by Gasteiger charge is -2.22. The van der Waals surface area contributed by atoms with Crippen LogP contribution in [0.25, 0.3) is 0 Å². The molecule has 0 saturated heterocycles. The van der Waals surface area contributed by atoms with Crippen LogP contribution in [-0.2, 0) is 23.0 Å². The van der Waals surface area contributed by atoms with Gasteiger partial charge in [0.05, 0.1) is 14.4 Å². The van der Waals surface area contributed by atoms with Gasteiger partial charge < -0.3 is 0 Å². The van der Waals surface area contributed by atoms with E-state index in [0.717, 1.165) is 28.3 Å². The summed E-state index contributed by atoms with van der Waals surface area (Å²) in [6.07, 6.45) is 1.53. The van der Waals surface area contributed by atoms with Gasteiger partial charge in [-0.2, -0.15) is 8.42 Å². The topological polar surface area (TPSA) is 54.4 Å². The van der Waals surface area contributed by atoms with Crippen LogP contribution >= 0.6 is 0 Å². The molecule has 0 aliphatic heterocycles. The molecule has 0 saturated carbocycles. The summed E-state index contributed by atoms with van der Waals surface area (Å²) in [5.74, 6) is 0. The van der Waals surface area contributed by atoms with Gasteiger partial charge >= 0.3 is 0 Å². The third-order valence-corrected chi connectivity index (χ3v) is 7.31. The number of rotatable bonds is 5. The van der Waals surface area contributed by atoms with Crippen LogP contribution in [0.3, 0.4) is 0 Å². The highest BCUT2D eigenvalue weighted by Crippen LogP contribution is 2.26. The van der Waals surface area contributed by atoms with Gasteiger partial charge in [-0.15, -0.1) is 0 Å². The van der Waals surface area contributed by atoms with Gasteiger partial charge in [-0.3, -0.25) is 4.55 Å². The molecular formula is C15H26O3SSi. The zero-order valence-electron chi connectivity index (χ0n) is 13.4. The second kappa shape index (κ2) is 6.41. The van der Waals surface area contributed by atoms with E-state index in [2.05, 4.69) is 20.8 Å². The molecule has 114 valence electrons. The summed E-state index contributed by atoms with van der Waals surface area (Å²) in [4.78, 5) is 0.215. The molecule has 0 aliphatic rings. The zero-order valence-corrected chi connectivity index (χ0v) is 15.6. The molecule has 0 aromatic heterocycles. The van der Waals surface area contributed by atoms with E-state index in [9.17, 15) is 13.0 Å². The first-order valence-corrected chi connectivity index (χ1v) is 10.2. The van der Waals surface area contributed by atoms with Gasteiger partial charge in [0.1, 0.15) is 0 Å². The summed E-state index contributed by atoms with van der Waals surface area (Å²) in [7, 11) is -4.89. The van der Waals surface area contributed by atoms with Gasteiger partial charge in [-0.25, -0.2) is 0 Å². The summed E-state index contributed by atoms with van der Waals surface area (Å²) in [6.45, 7) is 12.3. The van der Waals surface area contributed by atoms with Gasteiger partial charge in [0.15, 0.2) is 0 Å². The Morgan fingerprint density at radius 1 is 1.05 bits per heavy atom. The fourth-order valence-corrected chi connectivity index (χ4v) is 6.70. The van der Waals surface area contributed by atoms with Crippen LogP contribution < -0.4 is 5.19 Å². The molecule has 1 N–H and O–H groups in total. The largest absolute Gasteiger partial charge is 0.294 e. The predicted molar refractivity (Wildman–Crippen MR) is 87.8 cm³/mol. The van der Waals surface area contributed by atoms with Crippen LogP contribution in [0.2, 0.25) is 5.54 Å². The molecular weight excluding hydrogens is 288 g/mol. The van der Waals surface area contributed by atoms with Crippen molar-refractivity contribution in [3.63, 3.8) is 0 Å². The van der Waals surface area contributed by atoms with E-state index in [4.69, 9.17) is 0 Å². The van der Waals surface area contributed by atoms with E-state index in [1.54, 1.807) is 0 Å². The van der Waals surface area contributed by atoms with Crippen molar-refractivity contribution < 1.29 is 13.0 Å². The Hall–Kier alpha value is -0.653. The normalized spacial score (nSPS) is 12.8. The Labute approximate surface area is 125 Å². The summed E-state index contributed by atoms with van der Waals surface area (Å²) < 4.78 is 33.5. The summed E-state index contributed by atoms with van der Waals surface area (Å²) in [6, 6.07) is 0. The molecule has 0 amide bonds. The number of hydrogen-bond donors (Lipinski definition) is 1. The Morgan fingerprint density at radius 3 is 1.90 bits per heavy atom. The van der Waals surface area contributed by atoms with E-state index in [1.165, 1.54) is 5.56 Å². The molecule has 0 radical (unpaired) electrons. The molecule has 3 nitrogen and oxygen atoms in total. The Kier molecular flexibility index (Phi) is 5.58. The highest BCUT2D eigenvalue weighted by atomic mass is 32.2. The van der Waals surface area contributed by atoms with Crippen LogP contribution in [0.4, 0.5) is 0 Å². The van der Waals surface area contributed by atoms with Crippen LogP contribution in [-0.4, -0.2) is 22.5 Å². The Bertz CT molecular complexity index is 604. The lowest BCUT2D eigenvalue weighted by atomic mass is 9.94. The molecule has 1 aromatic rings. The second-order valence-electron chi connectivity index (χ2n) is 5.79. The van der Waals surface area contributed by atoms with Gasteiger partial charge in [0, 0.05) is 0 Å². The van der Waals surface area contributed by atoms with E-state index in [-0.39, 0.29) is 4.90 Å². The molecule has 0 spiro atoms. The predicted octanol–water partition coefficient (Wildman–Crippen LogP) is 2.30. The van der Waals surface area contributed by atoms with Crippen LogP contribution in [0.5, 0.6) is 0 Å². The third kappa shape index (κ3) is 3.32. The first kappa shape index (κ1) is 17.4. The van der Waals surface area contributed by atoms with Crippen molar-refractivity contribution in [3.05, 3.63) is 22.3 Å². The third-order valence-electron chi connectivity index (χ3n) is 3.94. The molecule has 0 heterocycles. The average molecular weight is 315 g/mol. The lowest BCUT2D eigenvalue weighted by Crippen LogP contribution is -2.30. The molecule has 0 bridgehead atoms. The number of hydrogen-bond acceptors (Lipinski definition) is 2. The molecule has 0 atom stereocenters. The molecule has 0 aliphatic carbocycles. The van der Waals surface area contributed by atoms with Crippen molar-refractivity contribution >= 4 is 24.8 Å². The minimum Gasteiger partial charge on any atom is -0.282 e. The lowest BCUT2D eigenvalue weighted by molar-refractivity contribution is 0.482. The molecule has 1 rings (SSSR count). The van der Waals surface area contributed by atoms with E-state index >= 15 is 0 Å². The maximum absolute atomic E-state index is 11.9. The quantitative estimate of drug-likeness (QED) is 0.670.